The Morgan fingerprint density at radius 2 is 1.15 bits per heavy atom. The lowest BCUT2D eigenvalue weighted by molar-refractivity contribution is 0.0651. The summed E-state index contributed by atoms with van der Waals surface area (Å²) in [4.78, 5) is 22.4. The second kappa shape index (κ2) is 7.37. The molecule has 0 fully saturated rings. The van der Waals surface area contributed by atoms with E-state index < -0.39 is 11.9 Å². The molecular weight excluding hydrogens is 328 g/mol. The van der Waals surface area contributed by atoms with Gasteiger partial charge >= 0.3 is 11.9 Å². The van der Waals surface area contributed by atoms with E-state index in [9.17, 15) is 14.7 Å². The van der Waals surface area contributed by atoms with Crippen LogP contribution >= 0.6 is 0 Å². The predicted octanol–water partition coefficient (Wildman–Crippen LogP) is 4.15. The maximum absolute atomic E-state index is 11.3. The van der Waals surface area contributed by atoms with Gasteiger partial charge in [-0.1, -0.05) is 48.2 Å². The quantitative estimate of drug-likeness (QED) is 0.701. The molecule has 0 aliphatic carbocycles. The van der Waals surface area contributed by atoms with Gasteiger partial charge in [0.15, 0.2) is 0 Å². The largest absolute Gasteiger partial charge is 0.478 e. The van der Waals surface area contributed by atoms with Gasteiger partial charge in [-0.3, -0.25) is 0 Å². The summed E-state index contributed by atoms with van der Waals surface area (Å²) in [7, 11) is 0. The van der Waals surface area contributed by atoms with Gasteiger partial charge in [0, 0.05) is 11.1 Å². The van der Waals surface area contributed by atoms with Crippen molar-refractivity contribution in [2.45, 2.75) is 0 Å². The van der Waals surface area contributed by atoms with Crippen LogP contribution in [0.2, 0.25) is 0 Å². The first-order chi connectivity index (χ1) is 12.5. The average molecular weight is 342 g/mol. The smallest absolute Gasteiger partial charge is 0.336 e. The van der Waals surface area contributed by atoms with Crippen molar-refractivity contribution in [2.24, 2.45) is 0 Å². The topological polar surface area (TPSA) is 74.6 Å². The van der Waals surface area contributed by atoms with Crippen LogP contribution in [0.1, 0.15) is 31.8 Å². The molecule has 0 radical (unpaired) electrons. The Morgan fingerprint density at radius 1 is 0.615 bits per heavy atom. The molecule has 0 atom stereocenters. The van der Waals surface area contributed by atoms with E-state index in [1.807, 2.05) is 54.6 Å². The Balaban J connectivity index is 1.89. The van der Waals surface area contributed by atoms with E-state index in [1.54, 1.807) is 6.07 Å². The molecule has 4 nitrogen and oxygen atoms in total. The molecule has 3 aromatic carbocycles. The zero-order valence-corrected chi connectivity index (χ0v) is 13.6. The first-order valence-electron chi connectivity index (χ1n) is 7.83. The lowest BCUT2D eigenvalue weighted by Crippen LogP contribution is -2.07. The van der Waals surface area contributed by atoms with Crippen molar-refractivity contribution >= 4 is 11.9 Å². The van der Waals surface area contributed by atoms with Gasteiger partial charge in [-0.25, -0.2) is 9.59 Å². The molecule has 0 bridgehead atoms. The van der Waals surface area contributed by atoms with E-state index >= 15 is 0 Å². The highest BCUT2D eigenvalue weighted by molar-refractivity contribution is 6.02. The standard InChI is InChI=1S/C22H14O4/c23-21(24)19-13-12-18(14-20(19)22(25)26)17-10-8-16(9-11-17)7-6-15-4-2-1-3-5-15/h1-5,8-14H,(H,23,24)(H,25,26). The van der Waals surface area contributed by atoms with E-state index in [0.29, 0.717) is 5.56 Å². The van der Waals surface area contributed by atoms with Crippen LogP contribution in [0.25, 0.3) is 11.1 Å². The predicted molar refractivity (Wildman–Crippen MR) is 98.2 cm³/mol. The Hall–Kier alpha value is -3.84. The van der Waals surface area contributed by atoms with Crippen LogP contribution < -0.4 is 0 Å². The fourth-order valence-corrected chi connectivity index (χ4v) is 2.50. The highest BCUT2D eigenvalue weighted by atomic mass is 16.4. The SMILES string of the molecule is O=C(O)c1ccc(-c2ccc(C#Cc3ccccc3)cc2)cc1C(=O)O. The molecule has 0 heterocycles. The number of carboxylic acid groups (broad SMARTS) is 2. The number of aromatic carboxylic acids is 2. The maximum atomic E-state index is 11.3. The highest BCUT2D eigenvalue weighted by Gasteiger charge is 2.16. The first kappa shape index (κ1) is 17.0. The summed E-state index contributed by atoms with van der Waals surface area (Å²) in [5.74, 6) is 3.61. The summed E-state index contributed by atoms with van der Waals surface area (Å²) in [6.07, 6.45) is 0. The van der Waals surface area contributed by atoms with Crippen molar-refractivity contribution in [2.75, 3.05) is 0 Å². The number of benzene rings is 3. The molecule has 0 saturated carbocycles. The van der Waals surface area contributed by atoms with E-state index in [2.05, 4.69) is 11.8 Å². The molecule has 4 heteroatoms. The Labute approximate surface area is 150 Å². The Bertz CT molecular complexity index is 1020. The molecule has 0 unspecified atom stereocenters. The van der Waals surface area contributed by atoms with Crippen LogP contribution in [0.5, 0.6) is 0 Å². The summed E-state index contributed by atoms with van der Waals surface area (Å²) in [5, 5.41) is 18.3. The van der Waals surface area contributed by atoms with Crippen LogP contribution in [-0.4, -0.2) is 22.2 Å². The van der Waals surface area contributed by atoms with Crippen molar-refractivity contribution in [3.05, 3.63) is 95.1 Å². The number of rotatable bonds is 3. The zero-order valence-electron chi connectivity index (χ0n) is 13.6. The molecule has 0 spiro atoms. The molecule has 0 amide bonds. The molecule has 0 aromatic heterocycles. The van der Waals surface area contributed by atoms with Crippen LogP contribution in [-0.2, 0) is 0 Å². The number of carbonyl (C=O) groups is 2. The van der Waals surface area contributed by atoms with Gasteiger partial charge in [0.05, 0.1) is 11.1 Å². The number of hydrogen-bond acceptors (Lipinski definition) is 2. The first-order valence-corrected chi connectivity index (χ1v) is 7.83. The minimum atomic E-state index is -1.27. The van der Waals surface area contributed by atoms with Crippen molar-refractivity contribution in [1.82, 2.24) is 0 Å². The van der Waals surface area contributed by atoms with E-state index in [4.69, 9.17) is 5.11 Å². The van der Waals surface area contributed by atoms with Crippen LogP contribution in [0.4, 0.5) is 0 Å². The monoisotopic (exact) mass is 342 g/mol. The van der Waals surface area contributed by atoms with Gasteiger partial charge in [-0.15, -0.1) is 0 Å². The third-order valence-corrected chi connectivity index (χ3v) is 3.82. The third-order valence-electron chi connectivity index (χ3n) is 3.82. The van der Waals surface area contributed by atoms with Crippen LogP contribution in [0.15, 0.2) is 72.8 Å². The molecule has 3 rings (SSSR count). The van der Waals surface area contributed by atoms with Gasteiger partial charge in [-0.2, -0.15) is 0 Å². The number of hydrogen-bond donors (Lipinski definition) is 2. The van der Waals surface area contributed by atoms with Gasteiger partial charge < -0.3 is 10.2 Å². The number of carboxylic acids is 2. The minimum Gasteiger partial charge on any atom is -0.478 e. The van der Waals surface area contributed by atoms with Crippen molar-refractivity contribution < 1.29 is 19.8 Å². The summed E-state index contributed by atoms with van der Waals surface area (Å²) in [6.45, 7) is 0. The molecule has 126 valence electrons. The lowest BCUT2D eigenvalue weighted by atomic mass is 9.98. The molecule has 0 saturated heterocycles. The highest BCUT2D eigenvalue weighted by Crippen LogP contribution is 2.23. The Kier molecular flexibility index (Phi) is 4.82. The second-order valence-corrected chi connectivity index (χ2v) is 5.56. The molecule has 2 N–H and O–H groups in total. The summed E-state index contributed by atoms with van der Waals surface area (Å²) < 4.78 is 0. The van der Waals surface area contributed by atoms with Crippen LogP contribution in [0.3, 0.4) is 0 Å². The lowest BCUT2D eigenvalue weighted by Gasteiger charge is -2.06. The van der Waals surface area contributed by atoms with Crippen LogP contribution in [0, 0.1) is 11.8 Å². The molecule has 3 aromatic rings. The fraction of sp³-hybridized carbons (Fsp3) is 0. The summed E-state index contributed by atoms with van der Waals surface area (Å²) in [5.41, 5.74) is 2.71. The van der Waals surface area contributed by atoms with Crippen molar-refractivity contribution in [1.29, 1.82) is 0 Å². The van der Waals surface area contributed by atoms with E-state index in [1.165, 1.54) is 12.1 Å². The van der Waals surface area contributed by atoms with Crippen molar-refractivity contribution in [3.63, 3.8) is 0 Å². The maximum Gasteiger partial charge on any atom is 0.336 e. The fourth-order valence-electron chi connectivity index (χ4n) is 2.50. The summed E-state index contributed by atoms with van der Waals surface area (Å²) in [6, 6.07) is 21.3. The zero-order chi connectivity index (χ0) is 18.5. The minimum absolute atomic E-state index is 0.230. The normalized spacial score (nSPS) is 9.85. The average Bonchev–Trinajstić information content (AvgIpc) is 2.67. The molecule has 0 aliphatic rings. The Morgan fingerprint density at radius 3 is 1.73 bits per heavy atom. The van der Waals surface area contributed by atoms with Gasteiger partial charge in [-0.05, 0) is 47.5 Å². The molecule has 26 heavy (non-hydrogen) atoms. The van der Waals surface area contributed by atoms with Gasteiger partial charge in [0.1, 0.15) is 0 Å². The summed E-state index contributed by atoms with van der Waals surface area (Å²) >= 11 is 0. The van der Waals surface area contributed by atoms with E-state index in [-0.39, 0.29) is 11.1 Å². The van der Waals surface area contributed by atoms with Crippen molar-refractivity contribution in [3.8, 4) is 23.0 Å². The molecular formula is C22H14O4. The molecule has 0 aliphatic heterocycles. The second-order valence-electron chi connectivity index (χ2n) is 5.56. The third kappa shape index (κ3) is 3.80. The van der Waals surface area contributed by atoms with Gasteiger partial charge in [0.2, 0.25) is 0 Å². The van der Waals surface area contributed by atoms with E-state index in [0.717, 1.165) is 16.7 Å². The van der Waals surface area contributed by atoms with Gasteiger partial charge in [0.25, 0.3) is 0 Å².